The van der Waals surface area contributed by atoms with Crippen LogP contribution in [0.2, 0.25) is 0 Å². The lowest BCUT2D eigenvalue weighted by Gasteiger charge is -2.13. The van der Waals surface area contributed by atoms with Crippen LogP contribution in [0.1, 0.15) is 37.7 Å². The average molecular weight is 300 g/mol. The second-order valence-electron chi connectivity index (χ2n) is 4.89. The molecular weight excluding hydrogens is 282 g/mol. The molecule has 1 aromatic rings. The Balaban J connectivity index is 2.31. The molecule has 0 aliphatic carbocycles. The first-order valence-electron chi connectivity index (χ1n) is 5.97. The number of nitrogen functional groups attached to an aromatic ring is 1. The molecule has 5 heteroatoms. The van der Waals surface area contributed by atoms with E-state index in [2.05, 4.69) is 39.7 Å². The van der Waals surface area contributed by atoms with Gasteiger partial charge in [-0.2, -0.15) is 0 Å². The lowest BCUT2D eigenvalue weighted by Crippen LogP contribution is -2.11. The summed E-state index contributed by atoms with van der Waals surface area (Å²) in [6.07, 6.45) is 1.90. The van der Waals surface area contributed by atoms with Gasteiger partial charge in [-0.1, -0.05) is 13.8 Å². The molecule has 2 heterocycles. The summed E-state index contributed by atoms with van der Waals surface area (Å²) in [5.41, 5.74) is 6.93. The van der Waals surface area contributed by atoms with Crippen LogP contribution in [0.25, 0.3) is 0 Å². The van der Waals surface area contributed by atoms with Crippen molar-refractivity contribution < 1.29 is 4.74 Å². The fraction of sp³-hybridized carbons (Fsp3) is 0.667. The van der Waals surface area contributed by atoms with Gasteiger partial charge in [0.2, 0.25) is 0 Å². The maximum absolute atomic E-state index is 5.93. The minimum Gasteiger partial charge on any atom is -0.383 e. The number of anilines is 1. The first-order valence-corrected chi connectivity index (χ1v) is 6.76. The van der Waals surface area contributed by atoms with Crippen molar-refractivity contribution in [1.29, 1.82) is 0 Å². The molecule has 0 spiro atoms. The monoisotopic (exact) mass is 299 g/mol. The summed E-state index contributed by atoms with van der Waals surface area (Å²) in [7, 11) is 0. The highest BCUT2D eigenvalue weighted by molar-refractivity contribution is 9.10. The summed E-state index contributed by atoms with van der Waals surface area (Å²) < 4.78 is 6.21. The van der Waals surface area contributed by atoms with Crippen LogP contribution < -0.4 is 5.73 Å². The number of rotatable bonds is 3. The van der Waals surface area contributed by atoms with E-state index in [1.165, 1.54) is 0 Å². The summed E-state index contributed by atoms with van der Waals surface area (Å²) in [6.45, 7) is 5.85. The fourth-order valence-corrected chi connectivity index (χ4v) is 2.31. The van der Waals surface area contributed by atoms with Gasteiger partial charge >= 0.3 is 0 Å². The summed E-state index contributed by atoms with van der Waals surface area (Å²) in [6, 6.07) is 0. The van der Waals surface area contributed by atoms with Crippen molar-refractivity contribution in [3.8, 4) is 0 Å². The summed E-state index contributed by atoms with van der Waals surface area (Å²) in [5, 5.41) is 0. The zero-order valence-corrected chi connectivity index (χ0v) is 11.8. The first-order chi connectivity index (χ1) is 8.08. The molecule has 17 heavy (non-hydrogen) atoms. The summed E-state index contributed by atoms with van der Waals surface area (Å²) in [5.74, 6) is 2.22. The fourth-order valence-electron chi connectivity index (χ4n) is 1.98. The summed E-state index contributed by atoms with van der Waals surface area (Å²) >= 11 is 3.47. The van der Waals surface area contributed by atoms with Gasteiger partial charge in [-0.3, -0.25) is 0 Å². The molecule has 2 N–H and O–H groups in total. The third-order valence-electron chi connectivity index (χ3n) is 2.86. The van der Waals surface area contributed by atoms with Crippen LogP contribution in [0.3, 0.4) is 0 Å². The molecular formula is C12H18BrN3O. The van der Waals surface area contributed by atoms with Crippen LogP contribution in [-0.2, 0) is 11.2 Å². The van der Waals surface area contributed by atoms with E-state index in [4.69, 9.17) is 10.5 Å². The third-order valence-corrected chi connectivity index (χ3v) is 3.72. The number of hydrogen-bond acceptors (Lipinski definition) is 4. The van der Waals surface area contributed by atoms with E-state index in [0.717, 1.165) is 35.4 Å². The summed E-state index contributed by atoms with van der Waals surface area (Å²) in [4.78, 5) is 9.00. The molecule has 1 atom stereocenters. The quantitative estimate of drug-likeness (QED) is 0.932. The van der Waals surface area contributed by atoms with Gasteiger partial charge in [0.15, 0.2) is 0 Å². The Morgan fingerprint density at radius 2 is 2.24 bits per heavy atom. The number of nitrogens with zero attached hydrogens (tertiary/aromatic N) is 2. The van der Waals surface area contributed by atoms with Crippen LogP contribution >= 0.6 is 15.9 Å². The van der Waals surface area contributed by atoms with Crippen LogP contribution in [0, 0.1) is 5.92 Å². The molecule has 2 rings (SSSR count). The standard InChI is InChI=1S/C12H18BrN3O/c1-7(2)5-9-10(13)11(14)16-12(15-9)8-3-4-17-6-8/h7-8H,3-6H2,1-2H3,(H2,14,15,16). The van der Waals surface area contributed by atoms with Crippen LogP contribution in [0.15, 0.2) is 4.47 Å². The van der Waals surface area contributed by atoms with Crippen LogP contribution in [-0.4, -0.2) is 23.2 Å². The average Bonchev–Trinajstić information content (AvgIpc) is 2.77. The minimum atomic E-state index is 0.302. The first kappa shape index (κ1) is 12.8. The van der Waals surface area contributed by atoms with Gasteiger partial charge in [-0.25, -0.2) is 9.97 Å². The highest BCUT2D eigenvalue weighted by Gasteiger charge is 2.22. The predicted molar refractivity (Wildman–Crippen MR) is 70.9 cm³/mol. The van der Waals surface area contributed by atoms with Gasteiger partial charge in [-0.05, 0) is 34.7 Å². The maximum atomic E-state index is 5.93. The Bertz CT molecular complexity index is 403. The highest BCUT2D eigenvalue weighted by Crippen LogP contribution is 2.28. The van der Waals surface area contributed by atoms with E-state index in [-0.39, 0.29) is 0 Å². The molecule has 0 saturated carbocycles. The molecule has 94 valence electrons. The smallest absolute Gasteiger partial charge is 0.141 e. The Morgan fingerprint density at radius 1 is 1.47 bits per heavy atom. The van der Waals surface area contributed by atoms with E-state index >= 15 is 0 Å². The van der Waals surface area contributed by atoms with Crippen molar-refractivity contribution in [3.05, 3.63) is 16.0 Å². The van der Waals surface area contributed by atoms with Crippen molar-refractivity contribution in [1.82, 2.24) is 9.97 Å². The van der Waals surface area contributed by atoms with Crippen molar-refractivity contribution in [2.24, 2.45) is 5.92 Å². The zero-order chi connectivity index (χ0) is 12.4. The van der Waals surface area contributed by atoms with Gasteiger partial charge in [-0.15, -0.1) is 0 Å². The predicted octanol–water partition coefficient (Wildman–Crippen LogP) is 2.52. The number of halogens is 1. The largest absolute Gasteiger partial charge is 0.383 e. The van der Waals surface area contributed by atoms with Crippen molar-refractivity contribution in [2.45, 2.75) is 32.6 Å². The minimum absolute atomic E-state index is 0.302. The molecule has 0 aromatic carbocycles. The van der Waals surface area contributed by atoms with E-state index < -0.39 is 0 Å². The Hall–Kier alpha value is -0.680. The van der Waals surface area contributed by atoms with Crippen molar-refractivity contribution in [2.75, 3.05) is 18.9 Å². The Morgan fingerprint density at radius 3 is 2.82 bits per heavy atom. The third kappa shape index (κ3) is 2.96. The molecule has 1 fully saturated rings. The van der Waals surface area contributed by atoms with Crippen LogP contribution in [0.4, 0.5) is 5.82 Å². The van der Waals surface area contributed by atoms with Gasteiger partial charge in [0.1, 0.15) is 11.6 Å². The zero-order valence-electron chi connectivity index (χ0n) is 10.2. The molecule has 1 aromatic heterocycles. The molecule has 1 saturated heterocycles. The second kappa shape index (κ2) is 5.31. The molecule has 0 amide bonds. The lowest BCUT2D eigenvalue weighted by atomic mass is 10.1. The molecule has 4 nitrogen and oxygen atoms in total. The van der Waals surface area contributed by atoms with Gasteiger partial charge in [0.25, 0.3) is 0 Å². The van der Waals surface area contributed by atoms with E-state index in [1.54, 1.807) is 0 Å². The molecule has 0 bridgehead atoms. The second-order valence-corrected chi connectivity index (χ2v) is 5.68. The maximum Gasteiger partial charge on any atom is 0.141 e. The van der Waals surface area contributed by atoms with Crippen molar-refractivity contribution in [3.63, 3.8) is 0 Å². The number of nitrogens with two attached hydrogens (primary N) is 1. The molecule has 1 aliphatic rings. The topological polar surface area (TPSA) is 61.0 Å². The lowest BCUT2D eigenvalue weighted by molar-refractivity contribution is 0.193. The molecule has 0 radical (unpaired) electrons. The SMILES string of the molecule is CC(C)Cc1nc(C2CCOC2)nc(N)c1Br. The van der Waals surface area contributed by atoms with E-state index in [9.17, 15) is 0 Å². The van der Waals surface area contributed by atoms with Gasteiger partial charge < -0.3 is 10.5 Å². The number of ether oxygens (including phenoxy) is 1. The van der Waals surface area contributed by atoms with Crippen LogP contribution in [0.5, 0.6) is 0 Å². The van der Waals surface area contributed by atoms with Crippen molar-refractivity contribution >= 4 is 21.7 Å². The molecule has 1 aliphatic heterocycles. The Kier molecular flexibility index (Phi) is 3.99. The van der Waals surface area contributed by atoms with E-state index in [1.807, 2.05) is 0 Å². The molecule has 1 unspecified atom stereocenters. The highest BCUT2D eigenvalue weighted by atomic mass is 79.9. The van der Waals surface area contributed by atoms with Gasteiger partial charge in [0, 0.05) is 12.5 Å². The normalized spacial score (nSPS) is 20.1. The Labute approximate surface area is 110 Å². The van der Waals surface area contributed by atoms with Gasteiger partial charge in [0.05, 0.1) is 16.8 Å². The van der Waals surface area contributed by atoms with E-state index in [0.29, 0.717) is 24.3 Å². The number of aromatic nitrogens is 2. The number of hydrogen-bond donors (Lipinski definition) is 1.